The average Bonchev–Trinajstić information content (AvgIpc) is 3.16. The third-order valence-corrected chi connectivity index (χ3v) is 5.57. The summed E-state index contributed by atoms with van der Waals surface area (Å²) >= 11 is 1.72. The van der Waals surface area contributed by atoms with Gasteiger partial charge < -0.3 is 15.4 Å². The third kappa shape index (κ3) is 5.42. The van der Waals surface area contributed by atoms with Gasteiger partial charge in [0, 0.05) is 29.9 Å². The highest BCUT2D eigenvalue weighted by Crippen LogP contribution is 2.24. The zero-order valence-electron chi connectivity index (χ0n) is 15.8. The molecule has 0 bridgehead atoms. The summed E-state index contributed by atoms with van der Waals surface area (Å²) in [6, 6.07) is 2.09. The van der Waals surface area contributed by atoms with Gasteiger partial charge in [-0.1, -0.05) is 12.5 Å². The summed E-state index contributed by atoms with van der Waals surface area (Å²) in [4.78, 5) is 26.8. The van der Waals surface area contributed by atoms with E-state index in [1.54, 1.807) is 11.3 Å². The van der Waals surface area contributed by atoms with Crippen LogP contribution in [-0.4, -0.2) is 44.4 Å². The van der Waals surface area contributed by atoms with E-state index in [1.807, 2.05) is 17.5 Å². The van der Waals surface area contributed by atoms with Gasteiger partial charge in [0.2, 0.25) is 0 Å². The summed E-state index contributed by atoms with van der Waals surface area (Å²) in [5.74, 6) is 0.870. The highest BCUT2D eigenvalue weighted by Gasteiger charge is 2.19. The van der Waals surface area contributed by atoms with Gasteiger partial charge >= 0.3 is 0 Å². The zero-order valence-corrected chi connectivity index (χ0v) is 16.7. The van der Waals surface area contributed by atoms with Crippen molar-refractivity contribution >= 4 is 22.7 Å². The molecule has 1 saturated heterocycles. The second kappa shape index (κ2) is 10.4. The summed E-state index contributed by atoms with van der Waals surface area (Å²) in [5, 5.41) is 7.54. The molecule has 2 N–H and O–H groups in total. The van der Waals surface area contributed by atoms with Gasteiger partial charge in [-0.15, -0.1) is 11.3 Å². The van der Waals surface area contributed by atoms with Crippen LogP contribution in [0.25, 0.3) is 0 Å². The van der Waals surface area contributed by atoms with Crippen molar-refractivity contribution in [2.75, 3.05) is 50.1 Å². The van der Waals surface area contributed by atoms with Crippen molar-refractivity contribution in [2.24, 2.45) is 0 Å². The summed E-state index contributed by atoms with van der Waals surface area (Å²) in [5.41, 5.74) is -0.761. The lowest BCUT2D eigenvalue weighted by Crippen LogP contribution is -2.37. The van der Waals surface area contributed by atoms with E-state index in [1.165, 1.54) is 37.2 Å². The molecule has 1 aromatic carbocycles. The Balaban J connectivity index is 1.36. The summed E-state index contributed by atoms with van der Waals surface area (Å²) in [6.07, 6.45) is 7.61. The molecule has 0 radical (unpaired) electrons. The molecule has 0 spiro atoms. The van der Waals surface area contributed by atoms with Crippen molar-refractivity contribution in [3.05, 3.63) is 48.9 Å². The molecule has 1 fully saturated rings. The second-order valence-corrected chi connectivity index (χ2v) is 7.77. The number of nitrogens with one attached hydrogen (secondary N) is 2. The van der Waals surface area contributed by atoms with Crippen LogP contribution in [0.3, 0.4) is 0 Å². The van der Waals surface area contributed by atoms with Gasteiger partial charge in [-0.25, -0.2) is 4.39 Å². The second-order valence-electron chi connectivity index (χ2n) is 6.77. The molecule has 0 aliphatic carbocycles. The topological polar surface area (TPSA) is 70.7 Å². The quantitative estimate of drug-likeness (QED) is 0.441. The zero-order chi connectivity index (χ0) is 19.8. The van der Waals surface area contributed by atoms with Gasteiger partial charge in [0.05, 0.1) is 0 Å². The van der Waals surface area contributed by atoms with Crippen LogP contribution >= 0.6 is 11.3 Å². The Kier molecular flexibility index (Phi) is 7.62. The van der Waals surface area contributed by atoms with Crippen LogP contribution in [0.5, 0.6) is 5.75 Å². The largest absolute Gasteiger partial charge is 0.489 e. The van der Waals surface area contributed by atoms with Gasteiger partial charge in [-0.2, -0.15) is 0 Å². The van der Waals surface area contributed by atoms with E-state index >= 15 is 0 Å². The molecule has 0 unspecified atom stereocenters. The molecule has 28 heavy (non-hydrogen) atoms. The number of likely N-dealkylation sites (tertiary alicyclic amines) is 1. The van der Waals surface area contributed by atoms with E-state index in [2.05, 4.69) is 21.6 Å². The van der Waals surface area contributed by atoms with E-state index in [-0.39, 0.29) is 17.9 Å². The van der Waals surface area contributed by atoms with Crippen LogP contribution in [0.4, 0.5) is 15.8 Å². The fourth-order valence-corrected chi connectivity index (χ4v) is 4.06. The van der Waals surface area contributed by atoms with Crippen LogP contribution in [0.2, 0.25) is 0 Å². The first-order chi connectivity index (χ1) is 13.7. The number of thiophene rings is 1. The fraction of sp³-hybridized carbons (Fsp3) is 0.500. The van der Waals surface area contributed by atoms with Crippen molar-refractivity contribution in [2.45, 2.75) is 25.8 Å². The number of ether oxygens (including phenoxy) is 1. The van der Waals surface area contributed by atoms with E-state index in [9.17, 15) is 14.0 Å². The van der Waals surface area contributed by atoms with Gasteiger partial charge in [-0.3, -0.25) is 14.5 Å². The summed E-state index contributed by atoms with van der Waals surface area (Å²) in [7, 11) is 0. The lowest BCUT2D eigenvalue weighted by Gasteiger charge is -2.25. The van der Waals surface area contributed by atoms with Crippen LogP contribution in [0.1, 0.15) is 24.1 Å². The highest BCUT2D eigenvalue weighted by molar-refractivity contribution is 7.10. The summed E-state index contributed by atoms with van der Waals surface area (Å²) < 4.78 is 17.9. The molecule has 2 heterocycles. The Morgan fingerprint density at radius 3 is 2.61 bits per heavy atom. The molecular weight excluding hydrogens is 381 g/mol. The van der Waals surface area contributed by atoms with Crippen molar-refractivity contribution in [3.63, 3.8) is 0 Å². The molecule has 0 amide bonds. The lowest BCUT2D eigenvalue weighted by molar-refractivity contribution is 0.222. The number of alkyl halides is 1. The molecule has 6 nitrogen and oxygen atoms in total. The molecule has 0 saturated carbocycles. The first-order valence-corrected chi connectivity index (χ1v) is 10.5. The van der Waals surface area contributed by atoms with Crippen LogP contribution < -0.4 is 26.2 Å². The average molecular weight is 408 g/mol. The van der Waals surface area contributed by atoms with Gasteiger partial charge in [0.25, 0.3) is 10.9 Å². The minimum atomic E-state index is -0.599. The smallest absolute Gasteiger partial charge is 0.253 e. The Morgan fingerprint density at radius 1 is 1.11 bits per heavy atom. The number of anilines is 2. The Hall–Kier alpha value is -2.19. The third-order valence-electron chi connectivity index (χ3n) is 4.67. The minimum absolute atomic E-state index is 0.0175. The number of piperidine rings is 1. The monoisotopic (exact) mass is 407 g/mol. The predicted molar refractivity (Wildman–Crippen MR) is 112 cm³/mol. The predicted octanol–water partition coefficient (Wildman–Crippen LogP) is 2.76. The molecule has 1 aliphatic heterocycles. The molecule has 8 heteroatoms. The maximum Gasteiger partial charge on any atom is 0.253 e. The number of hydrogen-bond donors (Lipinski definition) is 2. The van der Waals surface area contributed by atoms with Crippen LogP contribution in [0.15, 0.2) is 33.2 Å². The van der Waals surface area contributed by atoms with Crippen molar-refractivity contribution in [1.29, 1.82) is 0 Å². The Morgan fingerprint density at radius 2 is 1.86 bits per heavy atom. The van der Waals surface area contributed by atoms with Crippen LogP contribution in [-0.2, 0) is 6.54 Å². The molecule has 1 aliphatic rings. The number of hydrogen-bond acceptors (Lipinski definition) is 7. The molecule has 3 rings (SSSR count). The van der Waals surface area contributed by atoms with Crippen molar-refractivity contribution in [1.82, 2.24) is 4.90 Å². The molecular formula is C20H26FN3O3S. The van der Waals surface area contributed by atoms with E-state index in [4.69, 9.17) is 4.74 Å². The van der Waals surface area contributed by atoms with Crippen LogP contribution in [0, 0.1) is 0 Å². The number of rotatable bonds is 11. The molecule has 152 valence electrons. The lowest BCUT2D eigenvalue weighted by atomic mass is 10.1. The van der Waals surface area contributed by atoms with Gasteiger partial charge in [-0.05, 0) is 38.1 Å². The SMILES string of the molecule is O=c1c(NC/C=C\COc2csc(CN3CCCCC3)c2)c(NCCF)c1=O. The highest BCUT2D eigenvalue weighted by atomic mass is 32.1. The fourth-order valence-electron chi connectivity index (χ4n) is 3.21. The standard InChI is InChI=1S/C20H26FN3O3S/c21-6-8-23-18-17(19(25)20(18)26)22-7-2-5-11-27-15-12-16(28-14-15)13-24-9-3-1-4-10-24/h2,5,12,14,22-23H,1,3-4,6-11,13H2/b5-2-. The van der Waals surface area contributed by atoms with Crippen molar-refractivity contribution < 1.29 is 9.13 Å². The Bertz CT molecular complexity index is 851. The number of halogens is 1. The van der Waals surface area contributed by atoms with E-state index < -0.39 is 17.5 Å². The Labute approximate surface area is 167 Å². The first-order valence-electron chi connectivity index (χ1n) is 9.63. The van der Waals surface area contributed by atoms with E-state index in [0.29, 0.717) is 13.2 Å². The normalized spacial score (nSPS) is 15.3. The molecule has 0 atom stereocenters. The first kappa shape index (κ1) is 20.5. The maximum absolute atomic E-state index is 12.2. The number of nitrogens with zero attached hydrogens (tertiary/aromatic N) is 1. The van der Waals surface area contributed by atoms with Gasteiger partial charge in [0.1, 0.15) is 30.4 Å². The summed E-state index contributed by atoms with van der Waals surface area (Å²) in [6.45, 7) is 3.59. The molecule has 1 aromatic heterocycles. The van der Waals surface area contributed by atoms with Gasteiger partial charge in [0.15, 0.2) is 0 Å². The van der Waals surface area contributed by atoms with E-state index in [0.717, 1.165) is 12.3 Å². The molecule has 2 aromatic rings. The minimum Gasteiger partial charge on any atom is -0.489 e. The van der Waals surface area contributed by atoms with Crippen molar-refractivity contribution in [3.8, 4) is 5.75 Å². The maximum atomic E-state index is 12.2.